The van der Waals surface area contributed by atoms with Crippen LogP contribution in [0, 0.1) is 6.92 Å². The van der Waals surface area contributed by atoms with Crippen LogP contribution in [0.15, 0.2) is 46.5 Å². The highest BCUT2D eigenvalue weighted by molar-refractivity contribution is 7.99. The number of hydrogen-bond acceptors (Lipinski definition) is 8. The van der Waals surface area contributed by atoms with Crippen molar-refractivity contribution in [1.82, 2.24) is 39.3 Å². The number of benzene rings is 1. The number of nitrogens with one attached hydrogen (secondary N) is 1. The smallest absolute Gasteiger partial charge is 0.269 e. The minimum absolute atomic E-state index is 0.290. The van der Waals surface area contributed by atoms with Gasteiger partial charge < -0.3 is 4.74 Å². The Balaban J connectivity index is 1.85. The summed E-state index contributed by atoms with van der Waals surface area (Å²) in [6.45, 7) is 3.80. The third-order valence-corrected chi connectivity index (χ3v) is 5.46. The van der Waals surface area contributed by atoms with Crippen molar-refractivity contribution in [2.45, 2.75) is 19.0 Å². The van der Waals surface area contributed by atoms with Crippen molar-refractivity contribution in [3.05, 3.63) is 52.7 Å². The summed E-state index contributed by atoms with van der Waals surface area (Å²) >= 11 is 1.49. The van der Waals surface area contributed by atoms with E-state index >= 15 is 0 Å². The molecule has 5 rings (SSSR count). The topological polar surface area (TPSA) is 116 Å². The Bertz CT molecular complexity index is 1490. The molecule has 5 aromatic rings. The van der Waals surface area contributed by atoms with Crippen LogP contribution in [0.4, 0.5) is 0 Å². The first-order chi connectivity index (χ1) is 15.1. The van der Waals surface area contributed by atoms with Gasteiger partial charge in [0.2, 0.25) is 11.1 Å². The van der Waals surface area contributed by atoms with Crippen LogP contribution in [0.3, 0.4) is 0 Å². The summed E-state index contributed by atoms with van der Waals surface area (Å²) in [7, 11) is 1.60. The Kier molecular flexibility index (Phi) is 4.66. The van der Waals surface area contributed by atoms with E-state index in [9.17, 15) is 4.79 Å². The molecule has 0 atom stereocenters. The second-order valence-corrected chi connectivity index (χ2v) is 7.92. The van der Waals surface area contributed by atoms with Gasteiger partial charge in [-0.05, 0) is 30.9 Å². The molecule has 10 nitrogen and oxygen atoms in total. The number of aryl methyl sites for hydroxylation is 1. The van der Waals surface area contributed by atoms with E-state index < -0.39 is 0 Å². The van der Waals surface area contributed by atoms with E-state index in [2.05, 4.69) is 30.2 Å². The second kappa shape index (κ2) is 7.51. The summed E-state index contributed by atoms with van der Waals surface area (Å²) in [5.41, 5.74) is 1.57. The van der Waals surface area contributed by atoms with E-state index in [0.717, 1.165) is 11.3 Å². The van der Waals surface area contributed by atoms with Crippen LogP contribution in [-0.4, -0.2) is 52.2 Å². The highest BCUT2D eigenvalue weighted by Gasteiger charge is 2.19. The number of nitrogens with zero attached hydrogens (tertiary/aromatic N) is 7. The molecule has 0 unspecified atom stereocenters. The molecular formula is C20H18N8O2S. The maximum Gasteiger partial charge on any atom is 0.269 e. The maximum atomic E-state index is 13.6. The number of rotatable bonds is 5. The Morgan fingerprint density at radius 2 is 2.06 bits per heavy atom. The van der Waals surface area contributed by atoms with Crippen LogP contribution in [0.25, 0.3) is 33.9 Å². The van der Waals surface area contributed by atoms with Crippen molar-refractivity contribution in [1.29, 1.82) is 0 Å². The number of hydrogen-bond donors (Lipinski definition) is 1. The summed E-state index contributed by atoms with van der Waals surface area (Å²) in [4.78, 5) is 27.0. The van der Waals surface area contributed by atoms with Crippen molar-refractivity contribution in [3.8, 4) is 23.0 Å². The fraction of sp³-hybridized carbons (Fsp3) is 0.200. The van der Waals surface area contributed by atoms with Crippen molar-refractivity contribution < 1.29 is 4.74 Å². The summed E-state index contributed by atoms with van der Waals surface area (Å²) in [5.74, 6) is 2.82. The lowest BCUT2D eigenvalue weighted by Gasteiger charge is -2.11. The molecule has 0 saturated carbocycles. The molecule has 0 aliphatic heterocycles. The zero-order valence-corrected chi connectivity index (χ0v) is 17.8. The molecule has 0 saturated heterocycles. The molecule has 0 radical (unpaired) electrons. The van der Waals surface area contributed by atoms with Crippen LogP contribution >= 0.6 is 11.8 Å². The molecule has 0 aliphatic carbocycles. The molecule has 11 heteroatoms. The van der Waals surface area contributed by atoms with Gasteiger partial charge >= 0.3 is 0 Å². The Hall–Kier alpha value is -3.73. The minimum Gasteiger partial charge on any atom is -0.497 e. The molecule has 0 fully saturated rings. The number of H-pyrrole nitrogens is 1. The van der Waals surface area contributed by atoms with E-state index in [1.807, 2.05) is 31.2 Å². The van der Waals surface area contributed by atoms with Gasteiger partial charge in [0.1, 0.15) is 11.6 Å². The Morgan fingerprint density at radius 3 is 2.87 bits per heavy atom. The monoisotopic (exact) mass is 434 g/mol. The molecule has 4 aromatic heterocycles. The number of aromatic amines is 1. The molecule has 0 spiro atoms. The van der Waals surface area contributed by atoms with Crippen molar-refractivity contribution in [2.24, 2.45) is 0 Å². The van der Waals surface area contributed by atoms with Gasteiger partial charge in [-0.3, -0.25) is 9.36 Å². The number of methoxy groups -OCH3 is 1. The molecule has 4 heterocycles. The van der Waals surface area contributed by atoms with E-state index in [1.165, 1.54) is 16.3 Å². The SMILES string of the molecule is CCSc1n[nH]c(-n2ccc3nc4nc(C)nn4c(-c4cccc(OC)c4)c3c2=O)n1. The van der Waals surface area contributed by atoms with Gasteiger partial charge in [-0.2, -0.15) is 14.5 Å². The van der Waals surface area contributed by atoms with Crippen molar-refractivity contribution >= 4 is 28.4 Å². The predicted molar refractivity (Wildman–Crippen MR) is 117 cm³/mol. The first-order valence-electron chi connectivity index (χ1n) is 9.57. The zero-order valence-electron chi connectivity index (χ0n) is 17.0. The van der Waals surface area contributed by atoms with Crippen LogP contribution in [0.2, 0.25) is 0 Å². The number of aromatic nitrogens is 8. The van der Waals surface area contributed by atoms with Crippen LogP contribution in [0.1, 0.15) is 12.7 Å². The predicted octanol–water partition coefficient (Wildman–Crippen LogP) is 2.64. The fourth-order valence-corrected chi connectivity index (χ4v) is 3.94. The number of thioether (sulfide) groups is 1. The van der Waals surface area contributed by atoms with Crippen molar-refractivity contribution in [3.63, 3.8) is 0 Å². The fourth-order valence-electron chi connectivity index (χ4n) is 3.43. The Labute approximate surface area is 180 Å². The maximum absolute atomic E-state index is 13.6. The summed E-state index contributed by atoms with van der Waals surface area (Å²) < 4.78 is 8.41. The lowest BCUT2D eigenvalue weighted by Crippen LogP contribution is -2.21. The van der Waals surface area contributed by atoms with Crippen LogP contribution in [0.5, 0.6) is 5.75 Å². The van der Waals surface area contributed by atoms with Gasteiger partial charge in [-0.1, -0.05) is 30.8 Å². The van der Waals surface area contributed by atoms with Gasteiger partial charge in [0, 0.05) is 11.8 Å². The van der Waals surface area contributed by atoms with Crippen molar-refractivity contribution in [2.75, 3.05) is 12.9 Å². The van der Waals surface area contributed by atoms with Gasteiger partial charge in [0.25, 0.3) is 11.3 Å². The normalized spacial score (nSPS) is 11.5. The highest BCUT2D eigenvalue weighted by atomic mass is 32.2. The van der Waals surface area contributed by atoms with E-state index in [0.29, 0.717) is 45.1 Å². The van der Waals surface area contributed by atoms with Crippen LogP contribution < -0.4 is 10.3 Å². The lowest BCUT2D eigenvalue weighted by molar-refractivity contribution is 0.415. The number of ether oxygens (including phenoxy) is 1. The second-order valence-electron chi connectivity index (χ2n) is 6.69. The van der Waals surface area contributed by atoms with Gasteiger partial charge in [-0.25, -0.2) is 10.1 Å². The molecule has 0 aliphatic rings. The van der Waals surface area contributed by atoms with Gasteiger partial charge in [0.05, 0.1) is 23.7 Å². The molecular weight excluding hydrogens is 416 g/mol. The summed E-state index contributed by atoms with van der Waals surface area (Å²) in [6.07, 6.45) is 1.63. The molecule has 1 N–H and O–H groups in total. The third kappa shape index (κ3) is 3.22. The standard InChI is InChI=1S/C20H18N8O2S/c1-4-31-20-23-19(24-25-20)27-9-8-14-15(17(27)29)16(12-6-5-7-13(10-12)30-3)28-18(22-14)21-11(2)26-28/h5-10H,4H2,1-3H3,(H,23,24,25). The molecule has 156 valence electrons. The first kappa shape index (κ1) is 19.2. The van der Waals surface area contributed by atoms with Crippen LogP contribution in [-0.2, 0) is 0 Å². The van der Waals surface area contributed by atoms with E-state index in [-0.39, 0.29) is 5.56 Å². The average molecular weight is 434 g/mol. The quantitative estimate of drug-likeness (QED) is 0.420. The average Bonchev–Trinajstić information content (AvgIpc) is 3.38. The molecule has 31 heavy (non-hydrogen) atoms. The Morgan fingerprint density at radius 1 is 1.19 bits per heavy atom. The van der Waals surface area contributed by atoms with Gasteiger partial charge in [0.15, 0.2) is 0 Å². The lowest BCUT2D eigenvalue weighted by atomic mass is 10.1. The van der Waals surface area contributed by atoms with E-state index in [1.54, 1.807) is 30.8 Å². The molecule has 0 amide bonds. The minimum atomic E-state index is -0.290. The summed E-state index contributed by atoms with van der Waals surface area (Å²) in [5, 5.41) is 12.5. The summed E-state index contributed by atoms with van der Waals surface area (Å²) in [6, 6.07) is 9.22. The molecule has 1 aromatic carbocycles. The number of fused-ring (bicyclic) bond motifs is 2. The zero-order chi connectivity index (χ0) is 21.5. The number of pyridine rings is 1. The largest absolute Gasteiger partial charge is 0.497 e. The highest BCUT2D eigenvalue weighted by Crippen LogP contribution is 2.29. The van der Waals surface area contributed by atoms with Gasteiger partial charge in [-0.15, -0.1) is 10.2 Å². The third-order valence-electron chi connectivity index (χ3n) is 4.73. The van der Waals surface area contributed by atoms with E-state index in [4.69, 9.17) is 4.74 Å². The first-order valence-corrected chi connectivity index (χ1v) is 10.6. The molecule has 0 bridgehead atoms.